The summed E-state index contributed by atoms with van der Waals surface area (Å²) in [5, 5.41) is 4.18. The van der Waals surface area contributed by atoms with Gasteiger partial charge in [-0.2, -0.15) is 0 Å². The van der Waals surface area contributed by atoms with Gasteiger partial charge in [-0.25, -0.2) is 4.79 Å². The number of imide groups is 1. The molecule has 1 saturated carbocycles. The van der Waals surface area contributed by atoms with Crippen LogP contribution in [0.25, 0.3) is 0 Å². The fourth-order valence-electron chi connectivity index (χ4n) is 3.67. The minimum atomic E-state index is -0.712. The fourth-order valence-corrected chi connectivity index (χ4v) is 3.67. The third-order valence-electron chi connectivity index (χ3n) is 5.10. The van der Waals surface area contributed by atoms with Gasteiger partial charge in [0, 0.05) is 11.5 Å². The smallest absolute Gasteiger partial charge is 0.413 e. The third kappa shape index (κ3) is 5.85. The maximum atomic E-state index is 11.8. The maximum Gasteiger partial charge on any atom is 0.413 e. The molecule has 0 spiro atoms. The molecule has 25 heavy (non-hydrogen) atoms. The number of methoxy groups -OCH3 is 1. The number of nitrogens with two attached hydrogens (primary N) is 1. The largest absolute Gasteiger partial charge is 0.453 e. The number of alkyl carbamates (subject to hydrolysis) is 1. The molecular weight excluding hydrogens is 316 g/mol. The molecule has 138 valence electrons. The van der Waals surface area contributed by atoms with E-state index < -0.39 is 6.09 Å². The number of benzene rings is 1. The van der Waals surface area contributed by atoms with Crippen molar-refractivity contribution in [1.29, 1.82) is 0 Å². The van der Waals surface area contributed by atoms with Crippen molar-refractivity contribution in [1.82, 2.24) is 5.32 Å². The molecule has 0 heterocycles. The van der Waals surface area contributed by atoms with E-state index in [1.54, 1.807) is 0 Å². The Balaban J connectivity index is 1.97. The standard InChI is InChI=1S/C20H30N2O3/c1-14(2)19(21-13-18(23)22-20(24)25-3)17-11-9-16(10-12-17)15-7-5-4-6-8-15/h9-12,14-15,19,21H,4-8,13H2,1-3H3,(H,22,23,24)/p+1/t19-/m0/s1. The number of rotatable bonds is 6. The van der Waals surface area contributed by atoms with Crippen molar-refractivity contribution in [2.45, 2.75) is 57.9 Å². The molecule has 2 rings (SSSR count). The number of ether oxygens (including phenoxy) is 1. The average Bonchev–Trinajstić information content (AvgIpc) is 2.62. The average molecular weight is 347 g/mol. The van der Waals surface area contributed by atoms with Crippen molar-refractivity contribution in [3.8, 4) is 0 Å². The number of quaternary nitrogens is 1. The zero-order chi connectivity index (χ0) is 18.2. The first kappa shape index (κ1) is 19.4. The summed E-state index contributed by atoms with van der Waals surface area (Å²) < 4.78 is 4.45. The van der Waals surface area contributed by atoms with Crippen LogP contribution in [0.5, 0.6) is 0 Å². The topological polar surface area (TPSA) is 72.0 Å². The van der Waals surface area contributed by atoms with Crippen LogP contribution in [0.4, 0.5) is 4.79 Å². The van der Waals surface area contributed by atoms with Crippen molar-refractivity contribution in [3.05, 3.63) is 35.4 Å². The van der Waals surface area contributed by atoms with Crippen molar-refractivity contribution in [2.75, 3.05) is 13.7 Å². The number of nitrogens with one attached hydrogen (secondary N) is 1. The van der Waals surface area contributed by atoms with Gasteiger partial charge in [-0.1, -0.05) is 57.4 Å². The van der Waals surface area contributed by atoms with Crippen LogP contribution < -0.4 is 10.6 Å². The number of hydrogen-bond donors (Lipinski definition) is 2. The molecule has 0 unspecified atom stereocenters. The lowest BCUT2D eigenvalue weighted by Crippen LogP contribution is -2.88. The van der Waals surface area contributed by atoms with E-state index in [0.29, 0.717) is 11.8 Å². The summed E-state index contributed by atoms with van der Waals surface area (Å²) in [6, 6.07) is 9.09. The van der Waals surface area contributed by atoms with E-state index in [1.165, 1.54) is 50.3 Å². The van der Waals surface area contributed by atoms with Gasteiger partial charge in [-0.05, 0) is 24.3 Å². The molecule has 2 amide bonds. The fraction of sp³-hybridized carbons (Fsp3) is 0.600. The molecular formula is C20H31N2O3+. The molecule has 0 radical (unpaired) electrons. The highest BCUT2D eigenvalue weighted by atomic mass is 16.5. The summed E-state index contributed by atoms with van der Waals surface area (Å²) >= 11 is 0. The van der Waals surface area contributed by atoms with E-state index in [4.69, 9.17) is 0 Å². The molecule has 0 bridgehead atoms. The van der Waals surface area contributed by atoms with E-state index in [0.717, 1.165) is 0 Å². The van der Waals surface area contributed by atoms with E-state index >= 15 is 0 Å². The molecule has 3 N–H and O–H groups in total. The number of carbonyl (C=O) groups is 2. The third-order valence-corrected chi connectivity index (χ3v) is 5.10. The van der Waals surface area contributed by atoms with Crippen LogP contribution in [0, 0.1) is 5.92 Å². The van der Waals surface area contributed by atoms with Gasteiger partial charge < -0.3 is 10.1 Å². The first-order chi connectivity index (χ1) is 12.0. The van der Waals surface area contributed by atoms with E-state index in [2.05, 4.69) is 48.2 Å². The van der Waals surface area contributed by atoms with Crippen LogP contribution in [-0.2, 0) is 9.53 Å². The predicted octanol–water partition coefficient (Wildman–Crippen LogP) is 2.88. The highest BCUT2D eigenvalue weighted by Gasteiger charge is 2.22. The van der Waals surface area contributed by atoms with Gasteiger partial charge in [0.1, 0.15) is 6.04 Å². The van der Waals surface area contributed by atoms with Crippen LogP contribution in [0.3, 0.4) is 0 Å². The molecule has 1 atom stereocenters. The Morgan fingerprint density at radius 3 is 2.36 bits per heavy atom. The lowest BCUT2D eigenvalue weighted by atomic mass is 9.83. The molecule has 1 fully saturated rings. The summed E-state index contributed by atoms with van der Waals surface area (Å²) in [6.45, 7) is 4.49. The monoisotopic (exact) mass is 347 g/mol. The van der Waals surface area contributed by atoms with Gasteiger partial charge in [0.15, 0.2) is 6.54 Å². The van der Waals surface area contributed by atoms with Gasteiger partial charge in [-0.15, -0.1) is 0 Å². The summed E-state index contributed by atoms with van der Waals surface area (Å²) in [6.07, 6.45) is 5.93. The zero-order valence-electron chi connectivity index (χ0n) is 15.6. The Kier molecular flexibility index (Phi) is 7.44. The highest BCUT2D eigenvalue weighted by Crippen LogP contribution is 2.33. The molecule has 1 aliphatic rings. The zero-order valence-corrected chi connectivity index (χ0v) is 15.6. The predicted molar refractivity (Wildman–Crippen MR) is 97.2 cm³/mol. The molecule has 0 saturated heterocycles. The van der Waals surface area contributed by atoms with E-state index in [1.807, 2.05) is 5.32 Å². The van der Waals surface area contributed by atoms with E-state index in [-0.39, 0.29) is 18.5 Å². The second kappa shape index (κ2) is 9.56. The van der Waals surface area contributed by atoms with E-state index in [9.17, 15) is 9.59 Å². The summed E-state index contributed by atoms with van der Waals surface area (Å²) in [4.78, 5) is 22.9. The van der Waals surface area contributed by atoms with Crippen LogP contribution >= 0.6 is 0 Å². The summed E-state index contributed by atoms with van der Waals surface area (Å²) in [5.41, 5.74) is 2.66. The summed E-state index contributed by atoms with van der Waals surface area (Å²) in [5.74, 6) is 0.748. The number of amides is 2. The first-order valence-corrected chi connectivity index (χ1v) is 9.32. The minimum absolute atomic E-state index is 0.184. The van der Waals surface area contributed by atoms with Gasteiger partial charge in [0.05, 0.1) is 7.11 Å². The Hall–Kier alpha value is -1.88. The lowest BCUT2D eigenvalue weighted by Gasteiger charge is -2.23. The van der Waals surface area contributed by atoms with Crippen molar-refractivity contribution >= 4 is 12.0 Å². The highest BCUT2D eigenvalue weighted by molar-refractivity contribution is 5.92. The Morgan fingerprint density at radius 1 is 1.16 bits per heavy atom. The van der Waals surface area contributed by atoms with Crippen LogP contribution in [0.15, 0.2) is 24.3 Å². The van der Waals surface area contributed by atoms with Crippen molar-refractivity contribution in [3.63, 3.8) is 0 Å². The quantitative estimate of drug-likeness (QED) is 0.831. The molecule has 0 aliphatic heterocycles. The Labute approximate surface area is 150 Å². The molecule has 1 aromatic carbocycles. The Morgan fingerprint density at radius 2 is 1.80 bits per heavy atom. The Bertz CT molecular complexity index is 563. The van der Waals surface area contributed by atoms with Gasteiger partial charge in [-0.3, -0.25) is 10.1 Å². The van der Waals surface area contributed by atoms with Crippen molar-refractivity contribution in [2.24, 2.45) is 5.92 Å². The second-order valence-corrected chi connectivity index (χ2v) is 7.25. The molecule has 1 aromatic rings. The van der Waals surface area contributed by atoms with Gasteiger partial charge >= 0.3 is 6.09 Å². The number of hydrogen-bond acceptors (Lipinski definition) is 3. The lowest BCUT2D eigenvalue weighted by molar-refractivity contribution is -0.692. The molecule has 5 nitrogen and oxygen atoms in total. The van der Waals surface area contributed by atoms with Gasteiger partial charge in [0.25, 0.3) is 5.91 Å². The van der Waals surface area contributed by atoms with Crippen molar-refractivity contribution < 1.29 is 19.6 Å². The first-order valence-electron chi connectivity index (χ1n) is 9.32. The maximum absolute atomic E-state index is 11.8. The van der Waals surface area contributed by atoms with Crippen LogP contribution in [0.1, 0.15) is 69.0 Å². The number of carbonyl (C=O) groups excluding carboxylic acids is 2. The molecule has 5 heteroatoms. The molecule has 1 aliphatic carbocycles. The normalized spacial score (nSPS) is 16.5. The van der Waals surface area contributed by atoms with Crippen LogP contribution in [-0.4, -0.2) is 25.7 Å². The second-order valence-electron chi connectivity index (χ2n) is 7.25. The van der Waals surface area contributed by atoms with Crippen LogP contribution in [0.2, 0.25) is 0 Å². The SMILES string of the molecule is COC(=O)NC(=O)C[NH2+][C@H](c1ccc(C2CCCCC2)cc1)C(C)C. The van der Waals surface area contributed by atoms with Gasteiger partial charge in [0.2, 0.25) is 0 Å². The minimum Gasteiger partial charge on any atom is -0.453 e. The summed E-state index contributed by atoms with van der Waals surface area (Å²) in [7, 11) is 1.25. The molecule has 0 aromatic heterocycles.